The van der Waals surface area contributed by atoms with Crippen LogP contribution in [0, 0.1) is 5.92 Å². The Balaban J connectivity index is 1.86. The first-order valence-corrected chi connectivity index (χ1v) is 7.87. The van der Waals surface area contributed by atoms with E-state index in [0.717, 1.165) is 30.7 Å². The summed E-state index contributed by atoms with van der Waals surface area (Å²) >= 11 is 5.93. The molecule has 0 fully saturated rings. The van der Waals surface area contributed by atoms with Gasteiger partial charge in [0.2, 0.25) is 5.28 Å². The predicted molar refractivity (Wildman–Crippen MR) is 88.8 cm³/mol. The van der Waals surface area contributed by atoms with E-state index in [1.807, 2.05) is 12.1 Å². The van der Waals surface area contributed by atoms with Crippen LogP contribution in [0.4, 0.5) is 5.82 Å². The van der Waals surface area contributed by atoms with Crippen molar-refractivity contribution < 1.29 is 4.74 Å². The van der Waals surface area contributed by atoms with Crippen molar-refractivity contribution in [1.82, 2.24) is 14.6 Å². The number of anilines is 1. The third-order valence-electron chi connectivity index (χ3n) is 3.79. The maximum absolute atomic E-state index is 5.93. The molecule has 118 valence electrons. The van der Waals surface area contributed by atoms with Gasteiger partial charge in [-0.2, -0.15) is 4.98 Å². The molecule has 0 radical (unpaired) electrons. The van der Waals surface area contributed by atoms with Gasteiger partial charge >= 0.3 is 0 Å². The average molecular weight is 321 g/mol. The first-order valence-electron chi connectivity index (χ1n) is 7.49. The Morgan fingerprint density at radius 1 is 1.41 bits per heavy atom. The number of ether oxygens (including phenoxy) is 1. The summed E-state index contributed by atoms with van der Waals surface area (Å²) in [7, 11) is 0. The molecule has 2 aromatic heterocycles. The first kappa shape index (κ1) is 15.3. The summed E-state index contributed by atoms with van der Waals surface area (Å²) in [6.07, 6.45) is 4.37. The highest BCUT2D eigenvalue weighted by Crippen LogP contribution is 2.33. The molecule has 1 unspecified atom stereocenters. The number of aromatic nitrogens is 3. The smallest absolute Gasteiger partial charge is 0.243 e. The van der Waals surface area contributed by atoms with Gasteiger partial charge in [0.15, 0.2) is 5.82 Å². The van der Waals surface area contributed by atoms with Crippen molar-refractivity contribution in [2.75, 3.05) is 12.3 Å². The van der Waals surface area contributed by atoms with Crippen LogP contribution in [0.3, 0.4) is 0 Å². The maximum Gasteiger partial charge on any atom is 0.243 e. The molecule has 0 aliphatic heterocycles. The summed E-state index contributed by atoms with van der Waals surface area (Å²) < 4.78 is 7.67. The summed E-state index contributed by atoms with van der Waals surface area (Å²) in [4.78, 5) is 3.98. The molecule has 5 nitrogen and oxygen atoms in total. The minimum Gasteiger partial charge on any atom is -0.382 e. The first-order chi connectivity index (χ1) is 10.3. The molecule has 1 atom stereocenters. The third kappa shape index (κ3) is 3.10. The second-order valence-electron chi connectivity index (χ2n) is 6.70. The van der Waals surface area contributed by atoms with Gasteiger partial charge in [-0.05, 0) is 62.9 Å². The molecule has 0 saturated carbocycles. The molecule has 2 aromatic rings. The van der Waals surface area contributed by atoms with E-state index < -0.39 is 0 Å². The molecule has 1 aliphatic rings. The number of allylic oxidation sites excluding steroid dienone is 1. The van der Waals surface area contributed by atoms with E-state index in [9.17, 15) is 0 Å². The monoisotopic (exact) mass is 320 g/mol. The molecule has 0 amide bonds. The fourth-order valence-corrected chi connectivity index (χ4v) is 2.90. The minimum atomic E-state index is -0.104. The van der Waals surface area contributed by atoms with Crippen molar-refractivity contribution in [2.45, 2.75) is 39.2 Å². The van der Waals surface area contributed by atoms with Gasteiger partial charge < -0.3 is 10.5 Å². The molecule has 0 spiro atoms. The summed E-state index contributed by atoms with van der Waals surface area (Å²) in [6.45, 7) is 6.98. The molecule has 2 heterocycles. The predicted octanol–water partition coefficient (Wildman–Crippen LogP) is 3.57. The molecule has 0 bridgehead atoms. The lowest BCUT2D eigenvalue weighted by molar-refractivity contribution is -0.0152. The van der Waals surface area contributed by atoms with Crippen molar-refractivity contribution in [1.29, 1.82) is 0 Å². The molecule has 1 aliphatic carbocycles. The van der Waals surface area contributed by atoms with Crippen LogP contribution in [0.1, 0.15) is 39.3 Å². The number of hydrogen-bond donors (Lipinski definition) is 1. The van der Waals surface area contributed by atoms with Gasteiger partial charge in [0, 0.05) is 5.92 Å². The highest BCUT2D eigenvalue weighted by molar-refractivity contribution is 6.28. The zero-order valence-electron chi connectivity index (χ0n) is 13.1. The van der Waals surface area contributed by atoms with Crippen LogP contribution in [0.5, 0.6) is 0 Å². The summed E-state index contributed by atoms with van der Waals surface area (Å²) in [5.41, 5.74) is 8.87. The van der Waals surface area contributed by atoms with Crippen LogP contribution < -0.4 is 5.73 Å². The summed E-state index contributed by atoms with van der Waals surface area (Å²) in [5.74, 6) is 0.840. The van der Waals surface area contributed by atoms with Crippen molar-refractivity contribution in [3.05, 3.63) is 29.2 Å². The molecule has 0 aromatic carbocycles. The van der Waals surface area contributed by atoms with Gasteiger partial charge in [0.25, 0.3) is 0 Å². The van der Waals surface area contributed by atoms with Gasteiger partial charge in [-0.25, -0.2) is 4.52 Å². The fourth-order valence-electron chi connectivity index (χ4n) is 2.73. The van der Waals surface area contributed by atoms with Crippen LogP contribution in [0.2, 0.25) is 5.28 Å². The van der Waals surface area contributed by atoms with E-state index in [1.165, 1.54) is 5.57 Å². The Labute approximate surface area is 135 Å². The summed E-state index contributed by atoms with van der Waals surface area (Å²) in [5, 5.41) is 4.43. The standard InChI is InChI=1S/C16H21ClN4O/c1-16(2,3)22-9-10-4-5-11(8-10)12-6-7-13-14(18)19-15(17)20-21(12)13/h6-8,10H,4-5,9H2,1-3H3,(H2,18,19,20). The van der Waals surface area contributed by atoms with Crippen molar-refractivity contribution >= 4 is 28.5 Å². The summed E-state index contributed by atoms with van der Waals surface area (Å²) in [6, 6.07) is 3.95. The zero-order chi connectivity index (χ0) is 15.9. The molecule has 0 saturated heterocycles. The number of rotatable bonds is 3. The lowest BCUT2D eigenvalue weighted by atomic mass is 10.1. The number of nitrogens with two attached hydrogens (primary N) is 1. The highest BCUT2D eigenvalue weighted by atomic mass is 35.5. The Kier molecular flexibility index (Phi) is 3.87. The lowest BCUT2D eigenvalue weighted by Crippen LogP contribution is -2.22. The lowest BCUT2D eigenvalue weighted by Gasteiger charge is -2.21. The molecule has 3 rings (SSSR count). The van der Waals surface area contributed by atoms with Crippen molar-refractivity contribution in [3.8, 4) is 0 Å². The average Bonchev–Trinajstić information content (AvgIpc) is 3.01. The number of hydrogen-bond acceptors (Lipinski definition) is 4. The quantitative estimate of drug-likeness (QED) is 0.938. The molecular formula is C16H21ClN4O. The second kappa shape index (κ2) is 5.56. The van der Waals surface area contributed by atoms with Crippen molar-refractivity contribution in [3.63, 3.8) is 0 Å². The highest BCUT2D eigenvalue weighted by Gasteiger charge is 2.22. The van der Waals surface area contributed by atoms with Gasteiger partial charge in [0.05, 0.1) is 17.9 Å². The van der Waals surface area contributed by atoms with Gasteiger partial charge in [-0.3, -0.25) is 0 Å². The van der Waals surface area contributed by atoms with E-state index >= 15 is 0 Å². The van der Waals surface area contributed by atoms with Crippen molar-refractivity contribution in [2.24, 2.45) is 5.92 Å². The SMILES string of the molecule is CC(C)(C)OCC1C=C(c2ccc3c(N)nc(Cl)nn23)CC1. The van der Waals surface area contributed by atoms with E-state index in [-0.39, 0.29) is 10.9 Å². The van der Waals surface area contributed by atoms with Crippen LogP contribution in [-0.4, -0.2) is 26.8 Å². The maximum atomic E-state index is 5.93. The second-order valence-corrected chi connectivity index (χ2v) is 7.03. The fraction of sp³-hybridized carbons (Fsp3) is 0.500. The van der Waals surface area contributed by atoms with Gasteiger partial charge in [0.1, 0.15) is 5.52 Å². The Morgan fingerprint density at radius 2 is 2.18 bits per heavy atom. The van der Waals surface area contributed by atoms with Crippen LogP contribution >= 0.6 is 11.6 Å². The van der Waals surface area contributed by atoms with Crippen LogP contribution in [0.15, 0.2) is 18.2 Å². The Morgan fingerprint density at radius 3 is 2.91 bits per heavy atom. The Hall–Kier alpha value is -1.59. The van der Waals surface area contributed by atoms with Crippen LogP contribution in [0.25, 0.3) is 11.1 Å². The largest absolute Gasteiger partial charge is 0.382 e. The number of halogens is 1. The normalized spacial score (nSPS) is 18.9. The van der Waals surface area contributed by atoms with E-state index in [2.05, 4.69) is 36.9 Å². The minimum absolute atomic E-state index is 0.104. The number of fused-ring (bicyclic) bond motifs is 1. The molecule has 2 N–H and O–H groups in total. The Bertz CT molecular complexity index is 730. The topological polar surface area (TPSA) is 65.4 Å². The van der Waals surface area contributed by atoms with Crippen LogP contribution in [-0.2, 0) is 4.74 Å². The molecule has 6 heteroatoms. The van der Waals surface area contributed by atoms with E-state index in [1.54, 1.807) is 4.52 Å². The van der Waals surface area contributed by atoms with Gasteiger partial charge in [-0.1, -0.05) is 6.08 Å². The van der Waals surface area contributed by atoms with Gasteiger partial charge in [-0.15, -0.1) is 5.10 Å². The zero-order valence-corrected chi connectivity index (χ0v) is 13.9. The number of nitrogens with zero attached hydrogens (tertiary/aromatic N) is 3. The third-order valence-corrected chi connectivity index (χ3v) is 3.95. The van der Waals surface area contributed by atoms with E-state index in [0.29, 0.717) is 11.7 Å². The molecular weight excluding hydrogens is 300 g/mol. The van der Waals surface area contributed by atoms with E-state index in [4.69, 9.17) is 22.1 Å². The number of nitrogen functional groups attached to an aromatic ring is 1. The molecule has 22 heavy (non-hydrogen) atoms.